The van der Waals surface area contributed by atoms with Gasteiger partial charge in [-0.15, -0.1) is 0 Å². The number of hydrogen-bond donors (Lipinski definition) is 1. The second kappa shape index (κ2) is 5.23. The lowest BCUT2D eigenvalue weighted by Crippen LogP contribution is -2.41. The number of halogens is 1. The number of amides is 1. The molecule has 2 unspecified atom stereocenters. The number of nitrogens with zero attached hydrogens (tertiary/aromatic N) is 2. The Morgan fingerprint density at radius 1 is 1.35 bits per heavy atom. The van der Waals surface area contributed by atoms with E-state index in [1.54, 1.807) is 12.3 Å². The Bertz CT molecular complexity index is 637. The zero-order chi connectivity index (χ0) is 14.1. The van der Waals surface area contributed by atoms with Gasteiger partial charge in [-0.3, -0.25) is 4.79 Å². The lowest BCUT2D eigenvalue weighted by atomic mass is 9.86. The van der Waals surface area contributed by atoms with Crippen molar-refractivity contribution in [3.05, 3.63) is 36.0 Å². The van der Waals surface area contributed by atoms with Crippen LogP contribution in [0.5, 0.6) is 0 Å². The van der Waals surface area contributed by atoms with Crippen molar-refractivity contribution in [3.63, 3.8) is 0 Å². The fourth-order valence-electron chi connectivity index (χ4n) is 2.85. The van der Waals surface area contributed by atoms with Crippen LogP contribution in [-0.4, -0.2) is 21.3 Å². The van der Waals surface area contributed by atoms with Crippen LogP contribution in [0.25, 0.3) is 5.65 Å². The molecule has 5 heteroatoms. The molecule has 1 amide bonds. The van der Waals surface area contributed by atoms with Crippen molar-refractivity contribution in [1.82, 2.24) is 14.7 Å². The lowest BCUT2D eigenvalue weighted by molar-refractivity contribution is 0.0906. The van der Waals surface area contributed by atoms with Crippen LogP contribution >= 0.6 is 0 Å². The summed E-state index contributed by atoms with van der Waals surface area (Å²) in [6.45, 7) is 2.17. The molecule has 0 bridgehead atoms. The molecule has 1 fully saturated rings. The number of nitrogens with one attached hydrogen (secondary N) is 1. The van der Waals surface area contributed by atoms with E-state index in [1.165, 1.54) is 23.1 Å². The van der Waals surface area contributed by atoms with Crippen LogP contribution in [0.1, 0.15) is 43.1 Å². The van der Waals surface area contributed by atoms with Gasteiger partial charge in [0.25, 0.3) is 5.91 Å². The van der Waals surface area contributed by atoms with Gasteiger partial charge in [-0.1, -0.05) is 19.8 Å². The van der Waals surface area contributed by atoms with Crippen LogP contribution in [0, 0.1) is 11.7 Å². The van der Waals surface area contributed by atoms with Gasteiger partial charge in [-0.25, -0.2) is 9.37 Å². The van der Waals surface area contributed by atoms with E-state index >= 15 is 0 Å². The van der Waals surface area contributed by atoms with Gasteiger partial charge >= 0.3 is 0 Å². The van der Waals surface area contributed by atoms with E-state index < -0.39 is 0 Å². The third-order valence-electron chi connectivity index (χ3n) is 4.08. The predicted octanol–water partition coefficient (Wildman–Crippen LogP) is 2.78. The van der Waals surface area contributed by atoms with Crippen molar-refractivity contribution in [2.75, 3.05) is 0 Å². The van der Waals surface area contributed by atoms with Gasteiger partial charge in [0.1, 0.15) is 17.2 Å². The highest BCUT2D eigenvalue weighted by molar-refractivity contribution is 5.93. The highest BCUT2D eigenvalue weighted by atomic mass is 19.1. The third kappa shape index (κ3) is 2.53. The second-order valence-electron chi connectivity index (χ2n) is 5.58. The van der Waals surface area contributed by atoms with E-state index in [0.717, 1.165) is 19.3 Å². The van der Waals surface area contributed by atoms with Crippen LogP contribution in [-0.2, 0) is 0 Å². The fraction of sp³-hybridized carbons (Fsp3) is 0.467. The van der Waals surface area contributed by atoms with Crippen molar-refractivity contribution in [2.45, 2.75) is 38.6 Å². The molecule has 0 radical (unpaired) electrons. The summed E-state index contributed by atoms with van der Waals surface area (Å²) >= 11 is 0. The van der Waals surface area contributed by atoms with E-state index in [-0.39, 0.29) is 17.8 Å². The van der Waals surface area contributed by atoms with E-state index in [4.69, 9.17) is 0 Å². The Kier molecular flexibility index (Phi) is 3.42. The van der Waals surface area contributed by atoms with Gasteiger partial charge in [-0.05, 0) is 30.9 Å². The molecule has 0 aliphatic heterocycles. The van der Waals surface area contributed by atoms with Gasteiger partial charge in [0.2, 0.25) is 0 Å². The van der Waals surface area contributed by atoms with E-state index in [0.29, 0.717) is 17.3 Å². The van der Waals surface area contributed by atoms with E-state index in [9.17, 15) is 9.18 Å². The zero-order valence-electron chi connectivity index (χ0n) is 11.5. The molecular weight excluding hydrogens is 257 g/mol. The van der Waals surface area contributed by atoms with Crippen LogP contribution in [0.2, 0.25) is 0 Å². The molecular formula is C15H18FN3O. The smallest absolute Gasteiger partial charge is 0.271 e. The molecule has 2 aromatic heterocycles. The van der Waals surface area contributed by atoms with Crippen LogP contribution in [0.3, 0.4) is 0 Å². The molecule has 1 saturated carbocycles. The van der Waals surface area contributed by atoms with Crippen molar-refractivity contribution in [1.29, 1.82) is 0 Å². The quantitative estimate of drug-likeness (QED) is 0.916. The monoisotopic (exact) mass is 275 g/mol. The first-order chi connectivity index (χ1) is 9.63. The normalized spacial score (nSPS) is 22.9. The largest absolute Gasteiger partial charge is 0.348 e. The topological polar surface area (TPSA) is 46.4 Å². The minimum absolute atomic E-state index is 0.173. The number of imidazole rings is 1. The molecule has 4 nitrogen and oxygen atoms in total. The number of pyridine rings is 1. The number of carbonyl (C=O) groups excluding carboxylic acids is 1. The Morgan fingerprint density at radius 2 is 2.15 bits per heavy atom. The Labute approximate surface area is 117 Å². The molecule has 1 aliphatic rings. The molecule has 1 N–H and O–H groups in total. The maximum absolute atomic E-state index is 13.1. The van der Waals surface area contributed by atoms with Gasteiger partial charge in [0, 0.05) is 18.4 Å². The van der Waals surface area contributed by atoms with Gasteiger partial charge < -0.3 is 9.72 Å². The van der Waals surface area contributed by atoms with Crippen molar-refractivity contribution in [2.24, 2.45) is 5.92 Å². The fourth-order valence-corrected chi connectivity index (χ4v) is 2.85. The number of rotatable bonds is 2. The molecule has 0 spiro atoms. The van der Waals surface area contributed by atoms with Crippen LogP contribution < -0.4 is 5.32 Å². The first-order valence-electron chi connectivity index (χ1n) is 7.08. The standard InChI is InChI=1S/C15H18FN3O/c1-10-4-2-3-5-12(10)18-15(20)13-9-19-8-11(16)6-7-14(19)17-13/h6-10,12H,2-5H2,1H3,(H,18,20). The Balaban J connectivity index is 1.78. The SMILES string of the molecule is CC1CCCCC1NC(=O)c1cn2cc(F)ccc2n1. The molecule has 0 saturated heterocycles. The molecule has 1 aliphatic carbocycles. The van der Waals surface area contributed by atoms with E-state index in [1.807, 2.05) is 0 Å². The average Bonchev–Trinajstić information content (AvgIpc) is 2.84. The number of hydrogen-bond acceptors (Lipinski definition) is 2. The predicted molar refractivity (Wildman–Crippen MR) is 74.0 cm³/mol. The van der Waals surface area contributed by atoms with Crippen molar-refractivity contribution >= 4 is 11.6 Å². The second-order valence-corrected chi connectivity index (χ2v) is 5.58. The average molecular weight is 275 g/mol. The molecule has 0 aromatic carbocycles. The van der Waals surface area contributed by atoms with Gasteiger partial charge in [0.15, 0.2) is 0 Å². The van der Waals surface area contributed by atoms with Crippen LogP contribution in [0.15, 0.2) is 24.5 Å². The molecule has 106 valence electrons. The summed E-state index contributed by atoms with van der Waals surface area (Å²) in [5, 5.41) is 3.05. The highest BCUT2D eigenvalue weighted by Crippen LogP contribution is 2.24. The maximum Gasteiger partial charge on any atom is 0.271 e. The minimum Gasteiger partial charge on any atom is -0.348 e. The first-order valence-corrected chi connectivity index (χ1v) is 7.08. The lowest BCUT2D eigenvalue weighted by Gasteiger charge is -2.29. The summed E-state index contributed by atoms with van der Waals surface area (Å²) < 4.78 is 14.7. The van der Waals surface area contributed by atoms with Crippen molar-refractivity contribution in [3.8, 4) is 0 Å². The zero-order valence-corrected chi connectivity index (χ0v) is 11.5. The number of carbonyl (C=O) groups is 1. The van der Waals surface area contributed by atoms with Gasteiger partial charge in [0.05, 0.1) is 0 Å². The highest BCUT2D eigenvalue weighted by Gasteiger charge is 2.24. The summed E-state index contributed by atoms with van der Waals surface area (Å²) in [6, 6.07) is 3.13. The summed E-state index contributed by atoms with van der Waals surface area (Å²) in [6.07, 6.45) is 7.46. The van der Waals surface area contributed by atoms with E-state index in [2.05, 4.69) is 17.2 Å². The minimum atomic E-state index is -0.345. The number of fused-ring (bicyclic) bond motifs is 1. The summed E-state index contributed by atoms with van der Waals surface area (Å²) in [7, 11) is 0. The molecule has 2 aromatic rings. The van der Waals surface area contributed by atoms with Gasteiger partial charge in [-0.2, -0.15) is 0 Å². The Morgan fingerprint density at radius 3 is 2.95 bits per heavy atom. The molecule has 3 rings (SSSR count). The molecule has 20 heavy (non-hydrogen) atoms. The third-order valence-corrected chi connectivity index (χ3v) is 4.08. The summed E-state index contributed by atoms with van der Waals surface area (Å²) in [5.74, 6) is -0.0159. The molecule has 2 atom stereocenters. The number of aromatic nitrogens is 2. The molecule has 2 heterocycles. The first kappa shape index (κ1) is 13.1. The van der Waals surface area contributed by atoms with Crippen LogP contribution in [0.4, 0.5) is 4.39 Å². The summed E-state index contributed by atoms with van der Waals surface area (Å²) in [4.78, 5) is 16.5. The van der Waals surface area contributed by atoms with Crippen molar-refractivity contribution < 1.29 is 9.18 Å². The summed E-state index contributed by atoms with van der Waals surface area (Å²) in [5.41, 5.74) is 0.918. The Hall–Kier alpha value is -1.91. The maximum atomic E-state index is 13.1.